The van der Waals surface area contributed by atoms with E-state index in [0.29, 0.717) is 23.7 Å². The minimum atomic E-state index is -3.69. The number of nitrogens with one attached hydrogen (secondary N) is 2. The van der Waals surface area contributed by atoms with Gasteiger partial charge >= 0.3 is 0 Å². The number of halogens is 1. The molecule has 28 heavy (non-hydrogen) atoms. The highest BCUT2D eigenvalue weighted by Gasteiger charge is 2.16. The summed E-state index contributed by atoms with van der Waals surface area (Å²) in [6.45, 7) is 0.498. The zero-order chi connectivity index (χ0) is 20.0. The molecule has 1 heterocycles. The fourth-order valence-corrected chi connectivity index (χ4v) is 4.54. The number of rotatable bonds is 8. The monoisotopic (exact) mass is 435 g/mol. The van der Waals surface area contributed by atoms with Crippen molar-refractivity contribution in [3.63, 3.8) is 0 Å². The van der Waals surface area contributed by atoms with Crippen LogP contribution in [0.1, 0.15) is 11.3 Å². The smallest absolute Gasteiger partial charge is 0.263 e. The number of carbonyl (C=O) groups is 1. The van der Waals surface area contributed by atoms with Gasteiger partial charge in [-0.25, -0.2) is 13.4 Å². The first-order chi connectivity index (χ1) is 13.4. The summed E-state index contributed by atoms with van der Waals surface area (Å²) in [4.78, 5) is 16.4. The summed E-state index contributed by atoms with van der Waals surface area (Å²) < 4.78 is 27.0. The number of benzene rings is 2. The summed E-state index contributed by atoms with van der Waals surface area (Å²) in [5.74, 6) is -0.170. The number of sulfonamides is 1. The first-order valence-electron chi connectivity index (χ1n) is 8.46. The number of hydrogen-bond donors (Lipinski definition) is 2. The van der Waals surface area contributed by atoms with E-state index in [0.717, 1.165) is 16.9 Å². The average Bonchev–Trinajstić information content (AvgIpc) is 3.10. The van der Waals surface area contributed by atoms with Crippen molar-refractivity contribution >= 4 is 44.0 Å². The van der Waals surface area contributed by atoms with Gasteiger partial charge in [0, 0.05) is 16.9 Å². The Bertz CT molecular complexity index is 1040. The molecule has 0 aliphatic heterocycles. The maximum atomic E-state index is 12.3. The highest BCUT2D eigenvalue weighted by atomic mass is 35.5. The van der Waals surface area contributed by atoms with Crippen molar-refractivity contribution in [1.29, 1.82) is 0 Å². The lowest BCUT2D eigenvalue weighted by Gasteiger charge is -2.05. The molecule has 0 spiro atoms. The third-order valence-corrected chi connectivity index (χ3v) is 6.36. The van der Waals surface area contributed by atoms with Crippen molar-refractivity contribution in [2.75, 3.05) is 11.3 Å². The Kier molecular flexibility index (Phi) is 6.66. The number of carbonyl (C=O) groups excluding carboxylic acids is 1. The number of thiazole rings is 1. The quantitative estimate of drug-likeness (QED) is 0.566. The van der Waals surface area contributed by atoms with Gasteiger partial charge in [0.1, 0.15) is 0 Å². The van der Waals surface area contributed by atoms with Crippen molar-refractivity contribution in [3.05, 3.63) is 76.3 Å². The van der Waals surface area contributed by atoms with Crippen LogP contribution in [0.4, 0.5) is 5.13 Å². The van der Waals surface area contributed by atoms with Crippen LogP contribution in [-0.2, 0) is 27.7 Å². The van der Waals surface area contributed by atoms with E-state index in [1.165, 1.54) is 12.1 Å². The Morgan fingerprint density at radius 3 is 2.50 bits per heavy atom. The Morgan fingerprint density at radius 1 is 1.07 bits per heavy atom. The fourth-order valence-electron chi connectivity index (χ4n) is 2.43. The van der Waals surface area contributed by atoms with Gasteiger partial charge in [-0.15, -0.1) is 11.3 Å². The summed E-state index contributed by atoms with van der Waals surface area (Å²) >= 11 is 6.99. The lowest BCUT2D eigenvalue weighted by Crippen LogP contribution is -2.27. The van der Waals surface area contributed by atoms with Crippen LogP contribution < -0.4 is 10.0 Å². The van der Waals surface area contributed by atoms with Crippen LogP contribution in [0.25, 0.3) is 0 Å². The molecule has 1 aromatic heterocycles. The number of nitrogens with zero attached hydrogens (tertiary/aromatic N) is 1. The molecule has 0 saturated carbocycles. The second kappa shape index (κ2) is 9.18. The minimum absolute atomic E-state index is 0.0875. The molecule has 3 rings (SSSR count). The second-order valence-corrected chi connectivity index (χ2v) is 8.94. The standard InChI is InChI=1S/C19H18ClN3O3S2/c20-15-8-6-14(7-9-15)10-11-21-18(24)12-16-13-27-19(22-16)23-28(25,26)17-4-2-1-3-5-17/h1-9,13H,10-12H2,(H,21,24)(H,22,23). The van der Waals surface area contributed by atoms with Crippen molar-refractivity contribution in [2.24, 2.45) is 0 Å². The third-order valence-electron chi connectivity index (χ3n) is 3.82. The van der Waals surface area contributed by atoms with E-state index in [9.17, 15) is 13.2 Å². The molecule has 0 bridgehead atoms. The first-order valence-corrected chi connectivity index (χ1v) is 11.2. The molecule has 2 N–H and O–H groups in total. The van der Waals surface area contributed by atoms with Gasteiger partial charge in [0.25, 0.3) is 10.0 Å². The SMILES string of the molecule is O=C(Cc1csc(NS(=O)(=O)c2ccccc2)n1)NCCc1ccc(Cl)cc1. The zero-order valence-electron chi connectivity index (χ0n) is 14.8. The molecule has 9 heteroatoms. The molecular weight excluding hydrogens is 418 g/mol. The highest BCUT2D eigenvalue weighted by molar-refractivity contribution is 7.93. The largest absolute Gasteiger partial charge is 0.355 e. The summed E-state index contributed by atoms with van der Waals surface area (Å²) in [5, 5.41) is 5.41. The first kappa shape index (κ1) is 20.3. The van der Waals surface area contributed by atoms with E-state index >= 15 is 0 Å². The van der Waals surface area contributed by atoms with Crippen molar-refractivity contribution in [2.45, 2.75) is 17.7 Å². The summed E-state index contributed by atoms with van der Waals surface area (Å²) in [6, 6.07) is 15.5. The van der Waals surface area contributed by atoms with E-state index in [4.69, 9.17) is 11.6 Å². The Morgan fingerprint density at radius 2 is 1.79 bits per heavy atom. The van der Waals surface area contributed by atoms with E-state index in [1.54, 1.807) is 23.6 Å². The normalized spacial score (nSPS) is 11.2. The van der Waals surface area contributed by atoms with Crippen LogP contribution in [0.15, 0.2) is 64.9 Å². The predicted octanol–water partition coefficient (Wildman–Crippen LogP) is 3.50. The molecule has 0 radical (unpaired) electrons. The van der Waals surface area contributed by atoms with Crippen LogP contribution in [-0.4, -0.2) is 25.9 Å². The summed E-state index contributed by atoms with van der Waals surface area (Å²) in [7, 11) is -3.69. The van der Waals surface area contributed by atoms with E-state index in [-0.39, 0.29) is 22.4 Å². The lowest BCUT2D eigenvalue weighted by molar-refractivity contribution is -0.120. The molecule has 0 fully saturated rings. The van der Waals surface area contributed by atoms with Crippen LogP contribution >= 0.6 is 22.9 Å². The van der Waals surface area contributed by atoms with E-state index < -0.39 is 10.0 Å². The van der Waals surface area contributed by atoms with Gasteiger partial charge in [-0.3, -0.25) is 9.52 Å². The summed E-state index contributed by atoms with van der Waals surface area (Å²) in [6.07, 6.45) is 0.784. The topological polar surface area (TPSA) is 88.2 Å². The van der Waals surface area contributed by atoms with Crippen LogP contribution in [0, 0.1) is 0 Å². The Hall–Kier alpha value is -2.42. The molecule has 0 atom stereocenters. The predicted molar refractivity (Wildman–Crippen MR) is 111 cm³/mol. The number of hydrogen-bond acceptors (Lipinski definition) is 5. The highest BCUT2D eigenvalue weighted by Crippen LogP contribution is 2.20. The molecule has 6 nitrogen and oxygen atoms in total. The van der Waals surface area contributed by atoms with Crippen molar-refractivity contribution in [3.8, 4) is 0 Å². The van der Waals surface area contributed by atoms with Gasteiger partial charge in [0.05, 0.1) is 17.0 Å². The maximum absolute atomic E-state index is 12.3. The van der Waals surface area contributed by atoms with Crippen molar-refractivity contribution in [1.82, 2.24) is 10.3 Å². The van der Waals surface area contributed by atoms with Gasteiger partial charge in [-0.1, -0.05) is 41.9 Å². The number of anilines is 1. The molecule has 146 valence electrons. The molecule has 0 unspecified atom stereocenters. The second-order valence-electron chi connectivity index (χ2n) is 5.97. The van der Waals surface area contributed by atoms with Gasteiger partial charge < -0.3 is 5.32 Å². The average molecular weight is 436 g/mol. The fraction of sp³-hybridized carbons (Fsp3) is 0.158. The minimum Gasteiger partial charge on any atom is -0.355 e. The van der Waals surface area contributed by atoms with E-state index in [2.05, 4.69) is 15.0 Å². The van der Waals surface area contributed by atoms with Gasteiger partial charge in [-0.05, 0) is 36.2 Å². The van der Waals surface area contributed by atoms with Crippen LogP contribution in [0.2, 0.25) is 5.02 Å². The van der Waals surface area contributed by atoms with E-state index in [1.807, 2.05) is 24.3 Å². The number of aromatic nitrogens is 1. The molecule has 1 amide bonds. The van der Waals surface area contributed by atoms with Gasteiger partial charge in [-0.2, -0.15) is 0 Å². The third kappa shape index (κ3) is 5.79. The lowest BCUT2D eigenvalue weighted by atomic mass is 10.1. The maximum Gasteiger partial charge on any atom is 0.263 e. The molecular formula is C19H18ClN3O3S2. The molecule has 0 aliphatic rings. The van der Waals surface area contributed by atoms with Crippen LogP contribution in [0.3, 0.4) is 0 Å². The van der Waals surface area contributed by atoms with Gasteiger partial charge in [0.2, 0.25) is 5.91 Å². The van der Waals surface area contributed by atoms with Gasteiger partial charge in [0.15, 0.2) is 5.13 Å². The van der Waals surface area contributed by atoms with Crippen LogP contribution in [0.5, 0.6) is 0 Å². The molecule has 2 aromatic carbocycles. The number of amides is 1. The summed E-state index contributed by atoms with van der Waals surface area (Å²) in [5.41, 5.74) is 1.59. The molecule has 0 aliphatic carbocycles. The molecule has 0 saturated heterocycles. The van der Waals surface area contributed by atoms with Crippen molar-refractivity contribution < 1.29 is 13.2 Å². The Balaban J connectivity index is 1.50. The zero-order valence-corrected chi connectivity index (χ0v) is 17.2. The Labute approximate surface area is 172 Å². The molecule has 3 aromatic rings.